The highest BCUT2D eigenvalue weighted by Crippen LogP contribution is 2.34. The Hall–Kier alpha value is -0.0800. The SMILES string of the molecule is CNC(C)(C)C(N)CC1CC1. The van der Waals surface area contributed by atoms with E-state index in [0.717, 1.165) is 5.92 Å². The van der Waals surface area contributed by atoms with Crippen LogP contribution in [-0.4, -0.2) is 18.6 Å². The standard InChI is InChI=1S/C9H20N2/c1-9(2,11-3)8(10)6-7-4-5-7/h7-8,11H,4-6,10H2,1-3H3. The zero-order valence-electron chi connectivity index (χ0n) is 7.85. The van der Waals surface area contributed by atoms with E-state index in [1.807, 2.05) is 7.05 Å². The van der Waals surface area contributed by atoms with Gasteiger partial charge in [-0.3, -0.25) is 0 Å². The molecule has 0 bridgehead atoms. The number of likely N-dealkylation sites (N-methyl/N-ethyl adjacent to an activating group) is 1. The van der Waals surface area contributed by atoms with Crippen LogP contribution < -0.4 is 11.1 Å². The van der Waals surface area contributed by atoms with Gasteiger partial charge in [0.2, 0.25) is 0 Å². The van der Waals surface area contributed by atoms with Crippen LogP contribution in [0.5, 0.6) is 0 Å². The molecular formula is C9H20N2. The lowest BCUT2D eigenvalue weighted by Gasteiger charge is -2.31. The normalized spacial score (nSPS) is 21.8. The summed E-state index contributed by atoms with van der Waals surface area (Å²) in [5.41, 5.74) is 6.14. The fraction of sp³-hybridized carbons (Fsp3) is 1.00. The van der Waals surface area contributed by atoms with Gasteiger partial charge >= 0.3 is 0 Å². The molecule has 0 saturated heterocycles. The van der Waals surface area contributed by atoms with Gasteiger partial charge in [-0.25, -0.2) is 0 Å². The predicted molar refractivity (Wildman–Crippen MR) is 48.5 cm³/mol. The van der Waals surface area contributed by atoms with Crippen LogP contribution in [0.25, 0.3) is 0 Å². The largest absolute Gasteiger partial charge is 0.326 e. The lowest BCUT2D eigenvalue weighted by atomic mass is 9.91. The van der Waals surface area contributed by atoms with Crippen LogP contribution in [0.1, 0.15) is 33.1 Å². The van der Waals surface area contributed by atoms with Crippen LogP contribution in [0.2, 0.25) is 0 Å². The van der Waals surface area contributed by atoms with E-state index in [0.29, 0.717) is 6.04 Å². The summed E-state index contributed by atoms with van der Waals surface area (Å²) in [4.78, 5) is 0. The molecule has 1 rings (SSSR count). The van der Waals surface area contributed by atoms with E-state index in [4.69, 9.17) is 5.73 Å². The second-order valence-electron chi connectivity index (χ2n) is 4.26. The Morgan fingerprint density at radius 3 is 2.45 bits per heavy atom. The average molecular weight is 156 g/mol. The first-order valence-electron chi connectivity index (χ1n) is 4.51. The summed E-state index contributed by atoms with van der Waals surface area (Å²) >= 11 is 0. The van der Waals surface area contributed by atoms with Crippen molar-refractivity contribution in [3.05, 3.63) is 0 Å². The Morgan fingerprint density at radius 1 is 1.55 bits per heavy atom. The molecule has 2 heteroatoms. The Labute approximate surface area is 69.5 Å². The average Bonchev–Trinajstić information content (AvgIpc) is 2.72. The Morgan fingerprint density at radius 2 is 2.09 bits per heavy atom. The van der Waals surface area contributed by atoms with E-state index < -0.39 is 0 Å². The number of rotatable bonds is 4. The third kappa shape index (κ3) is 2.46. The van der Waals surface area contributed by atoms with E-state index in [2.05, 4.69) is 19.2 Å². The van der Waals surface area contributed by atoms with Gasteiger partial charge in [0, 0.05) is 11.6 Å². The molecule has 1 atom stereocenters. The second-order valence-corrected chi connectivity index (χ2v) is 4.26. The first-order chi connectivity index (χ1) is 5.06. The maximum Gasteiger partial charge on any atom is 0.0273 e. The summed E-state index contributed by atoms with van der Waals surface area (Å²) in [5, 5.41) is 3.25. The molecule has 0 aromatic heterocycles. The van der Waals surface area contributed by atoms with Crippen molar-refractivity contribution in [2.45, 2.75) is 44.7 Å². The van der Waals surface area contributed by atoms with Gasteiger partial charge in [-0.05, 0) is 33.2 Å². The molecule has 11 heavy (non-hydrogen) atoms. The minimum atomic E-state index is 0.0998. The lowest BCUT2D eigenvalue weighted by Crippen LogP contribution is -2.52. The summed E-state index contributed by atoms with van der Waals surface area (Å²) in [6.45, 7) is 4.33. The highest BCUT2D eigenvalue weighted by Gasteiger charge is 2.31. The van der Waals surface area contributed by atoms with Crippen molar-refractivity contribution in [3.8, 4) is 0 Å². The van der Waals surface area contributed by atoms with Gasteiger partial charge in [-0.2, -0.15) is 0 Å². The number of nitrogens with one attached hydrogen (secondary N) is 1. The molecule has 0 aliphatic heterocycles. The molecule has 3 N–H and O–H groups in total. The summed E-state index contributed by atoms with van der Waals surface area (Å²) < 4.78 is 0. The third-order valence-corrected chi connectivity index (χ3v) is 2.86. The van der Waals surface area contributed by atoms with Crippen molar-refractivity contribution in [2.75, 3.05) is 7.05 Å². The van der Waals surface area contributed by atoms with Crippen molar-refractivity contribution in [2.24, 2.45) is 11.7 Å². The number of hydrogen-bond acceptors (Lipinski definition) is 2. The zero-order valence-corrected chi connectivity index (χ0v) is 7.85. The molecule has 1 unspecified atom stereocenters. The van der Waals surface area contributed by atoms with Crippen LogP contribution in [0.4, 0.5) is 0 Å². The van der Waals surface area contributed by atoms with Gasteiger partial charge in [-0.1, -0.05) is 12.8 Å². The second kappa shape index (κ2) is 3.11. The molecule has 0 spiro atoms. The van der Waals surface area contributed by atoms with Crippen LogP contribution in [0.3, 0.4) is 0 Å². The predicted octanol–water partition coefficient (Wildman–Crippen LogP) is 1.11. The molecule has 0 aromatic rings. The molecule has 1 fully saturated rings. The zero-order chi connectivity index (χ0) is 8.48. The van der Waals surface area contributed by atoms with E-state index in [9.17, 15) is 0 Å². The summed E-state index contributed by atoms with van der Waals surface area (Å²) in [6, 6.07) is 0.306. The smallest absolute Gasteiger partial charge is 0.0273 e. The van der Waals surface area contributed by atoms with Gasteiger partial charge < -0.3 is 11.1 Å². The minimum absolute atomic E-state index is 0.0998. The molecule has 1 aliphatic carbocycles. The maximum atomic E-state index is 6.04. The monoisotopic (exact) mass is 156 g/mol. The van der Waals surface area contributed by atoms with Crippen molar-refractivity contribution < 1.29 is 0 Å². The maximum absolute atomic E-state index is 6.04. The van der Waals surface area contributed by atoms with Crippen LogP contribution in [-0.2, 0) is 0 Å². The molecule has 0 aromatic carbocycles. The van der Waals surface area contributed by atoms with E-state index in [1.165, 1.54) is 19.3 Å². The quantitative estimate of drug-likeness (QED) is 0.640. The van der Waals surface area contributed by atoms with Gasteiger partial charge in [0.25, 0.3) is 0 Å². The Bertz CT molecular complexity index is 128. The molecule has 1 aliphatic rings. The first-order valence-corrected chi connectivity index (χ1v) is 4.51. The molecule has 0 amide bonds. The molecule has 2 nitrogen and oxygen atoms in total. The van der Waals surface area contributed by atoms with E-state index >= 15 is 0 Å². The van der Waals surface area contributed by atoms with Gasteiger partial charge in [0.1, 0.15) is 0 Å². The van der Waals surface area contributed by atoms with Crippen molar-refractivity contribution in [1.82, 2.24) is 5.32 Å². The van der Waals surface area contributed by atoms with Crippen molar-refractivity contribution in [1.29, 1.82) is 0 Å². The fourth-order valence-electron chi connectivity index (χ4n) is 1.19. The Kier molecular flexibility index (Phi) is 2.55. The fourth-order valence-corrected chi connectivity index (χ4v) is 1.19. The molecule has 66 valence electrons. The van der Waals surface area contributed by atoms with E-state index in [-0.39, 0.29) is 5.54 Å². The summed E-state index contributed by atoms with van der Waals surface area (Å²) in [7, 11) is 1.98. The van der Waals surface area contributed by atoms with Crippen LogP contribution >= 0.6 is 0 Å². The van der Waals surface area contributed by atoms with Crippen molar-refractivity contribution in [3.63, 3.8) is 0 Å². The molecule has 0 heterocycles. The third-order valence-electron chi connectivity index (χ3n) is 2.86. The topological polar surface area (TPSA) is 38.0 Å². The molecule has 0 radical (unpaired) electrons. The van der Waals surface area contributed by atoms with Crippen LogP contribution in [0.15, 0.2) is 0 Å². The van der Waals surface area contributed by atoms with Gasteiger partial charge in [0.05, 0.1) is 0 Å². The van der Waals surface area contributed by atoms with Gasteiger partial charge in [0.15, 0.2) is 0 Å². The highest BCUT2D eigenvalue weighted by atomic mass is 15.0. The molecular weight excluding hydrogens is 136 g/mol. The summed E-state index contributed by atoms with van der Waals surface area (Å²) in [5.74, 6) is 0.928. The van der Waals surface area contributed by atoms with Crippen molar-refractivity contribution >= 4 is 0 Å². The highest BCUT2D eigenvalue weighted by molar-refractivity contribution is 4.91. The number of hydrogen-bond donors (Lipinski definition) is 2. The summed E-state index contributed by atoms with van der Waals surface area (Å²) in [6.07, 6.45) is 3.98. The molecule has 1 saturated carbocycles. The number of nitrogens with two attached hydrogens (primary N) is 1. The van der Waals surface area contributed by atoms with E-state index in [1.54, 1.807) is 0 Å². The Balaban J connectivity index is 2.31. The van der Waals surface area contributed by atoms with Gasteiger partial charge in [-0.15, -0.1) is 0 Å². The minimum Gasteiger partial charge on any atom is -0.326 e. The van der Waals surface area contributed by atoms with Crippen LogP contribution in [0, 0.1) is 5.92 Å². The first kappa shape index (κ1) is 9.01. The lowest BCUT2D eigenvalue weighted by molar-refractivity contribution is 0.318.